The predicted octanol–water partition coefficient (Wildman–Crippen LogP) is 8.56. The molecule has 0 fully saturated rings. The predicted molar refractivity (Wildman–Crippen MR) is 192 cm³/mol. The van der Waals surface area contributed by atoms with E-state index in [1.54, 1.807) is 24.5 Å². The van der Waals surface area contributed by atoms with Crippen LogP contribution in [0, 0.1) is 11.7 Å². The van der Waals surface area contributed by atoms with E-state index in [-0.39, 0.29) is 29.9 Å². The third kappa shape index (κ3) is 8.72. The zero-order chi connectivity index (χ0) is 35.3. The normalized spacial score (nSPS) is 12.7. The Morgan fingerprint density at radius 2 is 1.45 bits per heavy atom. The molecule has 252 valence electrons. The van der Waals surface area contributed by atoms with Crippen molar-refractivity contribution in [2.24, 2.45) is 5.92 Å². The fourth-order valence-corrected chi connectivity index (χ4v) is 6.43. The van der Waals surface area contributed by atoms with Crippen molar-refractivity contribution in [1.82, 2.24) is 15.3 Å². The number of aliphatic carboxylic acids is 1. The van der Waals surface area contributed by atoms with Crippen molar-refractivity contribution < 1.29 is 23.9 Å². The first-order valence-electron chi connectivity index (χ1n) is 16.3. The highest BCUT2D eigenvalue weighted by atomic mass is 32.1. The number of hydrogen-bond donors (Lipinski definition) is 2. The molecule has 2 atom stereocenters. The molecule has 0 radical (unpaired) electrons. The number of thiophene rings is 1. The highest BCUT2D eigenvalue weighted by molar-refractivity contribution is 7.14. The van der Waals surface area contributed by atoms with Crippen LogP contribution in [0.25, 0.3) is 33.6 Å². The van der Waals surface area contributed by atoms with Gasteiger partial charge >= 0.3 is 5.97 Å². The number of aromatic nitrogens is 2. The molecule has 7 nitrogen and oxygen atoms in total. The van der Waals surface area contributed by atoms with Gasteiger partial charge in [-0.2, -0.15) is 0 Å². The first-order valence-corrected chi connectivity index (χ1v) is 17.1. The summed E-state index contributed by atoms with van der Waals surface area (Å²) >= 11 is 1.42. The number of benzene rings is 3. The van der Waals surface area contributed by atoms with Gasteiger partial charge in [-0.05, 0) is 65.6 Å². The number of Topliss-reactive ketones (excluding diaryl/α,β-unsaturated/α-hetero) is 1. The molecule has 1 amide bonds. The molecule has 9 heteroatoms. The average molecular weight is 678 g/mol. The van der Waals surface area contributed by atoms with Crippen molar-refractivity contribution in [2.75, 3.05) is 0 Å². The summed E-state index contributed by atoms with van der Waals surface area (Å²) in [6.07, 6.45) is 4.31. The van der Waals surface area contributed by atoms with Gasteiger partial charge in [-0.25, -0.2) is 14.4 Å². The summed E-state index contributed by atoms with van der Waals surface area (Å²) in [6.45, 7) is 9.71. The lowest BCUT2D eigenvalue weighted by molar-refractivity contribution is -0.141. The number of ketones is 1. The van der Waals surface area contributed by atoms with E-state index in [2.05, 4.69) is 43.0 Å². The number of amides is 1. The highest BCUT2D eigenvalue weighted by Crippen LogP contribution is 2.32. The van der Waals surface area contributed by atoms with E-state index in [0.717, 1.165) is 33.6 Å². The molecule has 0 spiro atoms. The van der Waals surface area contributed by atoms with Crippen molar-refractivity contribution in [3.8, 4) is 33.6 Å². The van der Waals surface area contributed by atoms with E-state index in [1.807, 2.05) is 60.7 Å². The Kier molecular flexibility index (Phi) is 10.8. The van der Waals surface area contributed by atoms with Gasteiger partial charge in [-0.3, -0.25) is 14.4 Å². The summed E-state index contributed by atoms with van der Waals surface area (Å²) < 4.78 is 15.2. The molecule has 0 saturated carbocycles. The zero-order valence-corrected chi connectivity index (χ0v) is 29.1. The third-order valence-electron chi connectivity index (χ3n) is 8.47. The molecular weight excluding hydrogens is 638 g/mol. The second kappa shape index (κ2) is 15.0. The second-order valence-electron chi connectivity index (χ2n) is 13.2. The van der Waals surface area contributed by atoms with Crippen molar-refractivity contribution in [2.45, 2.75) is 65.3 Å². The fourth-order valence-electron chi connectivity index (χ4n) is 5.42. The number of hydrogen-bond acceptors (Lipinski definition) is 6. The Morgan fingerprint density at radius 1 is 0.837 bits per heavy atom. The maximum Gasteiger partial charge on any atom is 0.325 e. The van der Waals surface area contributed by atoms with Crippen LogP contribution in [0.1, 0.15) is 66.7 Å². The van der Waals surface area contributed by atoms with Gasteiger partial charge in [0.15, 0.2) is 11.6 Å². The van der Waals surface area contributed by atoms with Crippen LogP contribution in [0.4, 0.5) is 4.39 Å². The Bertz CT molecular complexity index is 1950. The molecule has 5 rings (SSSR count). The van der Waals surface area contributed by atoms with E-state index in [0.29, 0.717) is 21.8 Å². The van der Waals surface area contributed by atoms with Gasteiger partial charge < -0.3 is 10.4 Å². The van der Waals surface area contributed by atoms with Gasteiger partial charge in [0.05, 0.1) is 4.88 Å². The number of rotatable bonds is 12. The average Bonchev–Trinajstić information content (AvgIpc) is 3.60. The van der Waals surface area contributed by atoms with Crippen LogP contribution in [-0.4, -0.2) is 38.8 Å². The molecule has 2 aromatic heterocycles. The van der Waals surface area contributed by atoms with Gasteiger partial charge in [-0.1, -0.05) is 88.4 Å². The van der Waals surface area contributed by atoms with Gasteiger partial charge in [0.25, 0.3) is 0 Å². The molecule has 0 aliphatic rings. The minimum atomic E-state index is -1.15. The molecule has 2 N–H and O–H groups in total. The van der Waals surface area contributed by atoms with E-state index in [4.69, 9.17) is 0 Å². The summed E-state index contributed by atoms with van der Waals surface area (Å²) in [5.41, 5.74) is 5.35. The number of nitrogens with zero attached hydrogens (tertiary/aromatic N) is 2. The number of nitrogens with one attached hydrogen (secondary N) is 1. The zero-order valence-electron chi connectivity index (χ0n) is 28.3. The molecule has 49 heavy (non-hydrogen) atoms. The lowest BCUT2D eigenvalue weighted by Gasteiger charge is -2.18. The van der Waals surface area contributed by atoms with Crippen molar-refractivity contribution >= 4 is 29.0 Å². The molecular formula is C40H40FN3O4S. The Morgan fingerprint density at radius 3 is 2.02 bits per heavy atom. The first kappa shape index (κ1) is 35.3. The Hall–Kier alpha value is -5.02. The maximum atomic E-state index is 15.2. The molecule has 0 unspecified atom stereocenters. The van der Waals surface area contributed by atoms with Crippen LogP contribution in [0.5, 0.6) is 0 Å². The number of halogens is 1. The van der Waals surface area contributed by atoms with Crippen LogP contribution < -0.4 is 5.32 Å². The topological polar surface area (TPSA) is 109 Å². The molecule has 5 aromatic rings. The minimum Gasteiger partial charge on any atom is -0.480 e. The van der Waals surface area contributed by atoms with Crippen molar-refractivity contribution in [3.63, 3.8) is 0 Å². The lowest BCUT2D eigenvalue weighted by atomic mass is 9.92. The number of aryl methyl sites for hydroxylation is 1. The van der Waals surface area contributed by atoms with E-state index in [9.17, 15) is 19.5 Å². The quantitative estimate of drug-likeness (QED) is 0.128. The van der Waals surface area contributed by atoms with Gasteiger partial charge in [0, 0.05) is 46.3 Å². The van der Waals surface area contributed by atoms with Crippen LogP contribution in [0.3, 0.4) is 0 Å². The fraction of sp³-hybridized carbons (Fsp3) is 0.275. The SMILES string of the molecule is CCc1ccc(-c2ccc(-c3cnc(-c4ccc(C[C@H](CC(=O)c5ccc(C(C)(C)C)s5)C(=O)N[C@H](C)C(=O)O)cc4)nc3)c(F)c2)cc1. The van der Waals surface area contributed by atoms with E-state index in [1.165, 1.54) is 29.9 Å². The lowest BCUT2D eigenvalue weighted by Crippen LogP contribution is -2.42. The van der Waals surface area contributed by atoms with Crippen molar-refractivity contribution in [3.05, 3.63) is 118 Å². The minimum absolute atomic E-state index is 0.0583. The molecule has 0 saturated heterocycles. The van der Waals surface area contributed by atoms with E-state index >= 15 is 4.39 Å². The standard InChI is InChI=1S/C40H40FN3O4S/c1-6-25-7-11-27(12-8-25)29-15-16-32(33(41)20-29)31-22-42-37(43-23-31)28-13-9-26(10-14-28)19-30(38(46)44-24(2)39(47)48)21-34(45)35-17-18-36(49-35)40(3,4)5/h7-18,20,22-24,30H,6,19,21H2,1-5H3,(H,44,46)(H,47,48)/t24-,30-/m1/s1. The molecule has 3 aromatic carbocycles. The van der Waals surface area contributed by atoms with Crippen LogP contribution in [0.2, 0.25) is 0 Å². The van der Waals surface area contributed by atoms with Crippen LogP contribution in [0.15, 0.2) is 91.3 Å². The van der Waals surface area contributed by atoms with Gasteiger partial charge in [0.1, 0.15) is 11.9 Å². The number of carboxylic acids is 1. The maximum absolute atomic E-state index is 15.2. The number of carbonyl (C=O) groups excluding carboxylic acids is 2. The van der Waals surface area contributed by atoms with Crippen molar-refractivity contribution in [1.29, 1.82) is 0 Å². The Labute approximate surface area is 290 Å². The molecule has 2 heterocycles. The molecule has 0 aliphatic heterocycles. The summed E-state index contributed by atoms with van der Waals surface area (Å²) in [5.74, 6) is -2.48. The largest absolute Gasteiger partial charge is 0.480 e. The molecule has 0 aliphatic carbocycles. The Balaban J connectivity index is 1.29. The summed E-state index contributed by atoms with van der Waals surface area (Å²) in [7, 11) is 0. The first-order chi connectivity index (χ1) is 23.3. The highest BCUT2D eigenvalue weighted by Gasteiger charge is 2.27. The molecule has 0 bridgehead atoms. The third-order valence-corrected chi connectivity index (χ3v) is 10.0. The monoisotopic (exact) mass is 677 g/mol. The second-order valence-corrected chi connectivity index (χ2v) is 14.3. The van der Waals surface area contributed by atoms with Gasteiger partial charge in [-0.15, -0.1) is 11.3 Å². The van der Waals surface area contributed by atoms with E-state index < -0.39 is 23.8 Å². The van der Waals surface area contributed by atoms with Crippen LogP contribution in [-0.2, 0) is 27.8 Å². The number of carboxylic acid groups (broad SMARTS) is 1. The number of carbonyl (C=O) groups is 3. The summed E-state index contributed by atoms with van der Waals surface area (Å²) in [6, 6.07) is 23.2. The van der Waals surface area contributed by atoms with Crippen LogP contribution >= 0.6 is 11.3 Å². The smallest absolute Gasteiger partial charge is 0.325 e. The van der Waals surface area contributed by atoms with Gasteiger partial charge in [0.2, 0.25) is 5.91 Å². The summed E-state index contributed by atoms with van der Waals surface area (Å²) in [4.78, 5) is 48.5. The summed E-state index contributed by atoms with van der Waals surface area (Å²) in [5, 5.41) is 11.9.